The van der Waals surface area contributed by atoms with Gasteiger partial charge < -0.3 is 0 Å². The lowest BCUT2D eigenvalue weighted by Gasteiger charge is -2.09. The lowest BCUT2D eigenvalue weighted by molar-refractivity contribution is -0.138. The Labute approximate surface area is 90.4 Å². The van der Waals surface area contributed by atoms with E-state index in [9.17, 15) is 4.79 Å². The maximum Gasteiger partial charge on any atom is 0.246 e. The minimum absolute atomic E-state index is 0.000716. The van der Waals surface area contributed by atoms with Crippen LogP contribution in [0.25, 0.3) is 0 Å². The van der Waals surface area contributed by atoms with Crippen LogP contribution >= 0.6 is 0 Å². The van der Waals surface area contributed by atoms with E-state index in [1.807, 2.05) is 44.2 Å². The van der Waals surface area contributed by atoms with Gasteiger partial charge in [0, 0.05) is 5.92 Å². The summed E-state index contributed by atoms with van der Waals surface area (Å²) in [7, 11) is 0. The van der Waals surface area contributed by atoms with Crippen molar-refractivity contribution in [2.45, 2.75) is 26.9 Å². The van der Waals surface area contributed by atoms with E-state index in [-0.39, 0.29) is 11.8 Å². The molecule has 1 aromatic carbocycles. The molecule has 3 heteroatoms. The third kappa shape index (κ3) is 4.13. The molecule has 82 valence electrons. The van der Waals surface area contributed by atoms with Crippen LogP contribution in [0.15, 0.2) is 30.3 Å². The van der Waals surface area contributed by atoms with Crippen LogP contribution in [0.3, 0.4) is 0 Å². The average molecular weight is 207 g/mol. The second-order valence-electron chi connectivity index (χ2n) is 3.55. The van der Waals surface area contributed by atoms with E-state index in [0.29, 0.717) is 6.61 Å². The van der Waals surface area contributed by atoms with Crippen LogP contribution in [0.4, 0.5) is 0 Å². The number of hydroxylamine groups is 1. The molecule has 0 aromatic heterocycles. The summed E-state index contributed by atoms with van der Waals surface area (Å²) in [6, 6.07) is 9.73. The minimum atomic E-state index is -0.0616. The Balaban J connectivity index is 2.25. The first kappa shape index (κ1) is 11.7. The maximum atomic E-state index is 11.3. The fourth-order valence-corrected chi connectivity index (χ4v) is 1.05. The highest BCUT2D eigenvalue weighted by atomic mass is 16.6. The van der Waals surface area contributed by atoms with E-state index in [4.69, 9.17) is 4.84 Å². The van der Waals surface area contributed by atoms with E-state index < -0.39 is 0 Å². The van der Waals surface area contributed by atoms with Crippen molar-refractivity contribution < 1.29 is 9.63 Å². The van der Waals surface area contributed by atoms with Crippen LogP contribution in [0.1, 0.15) is 25.8 Å². The Morgan fingerprint density at radius 3 is 2.67 bits per heavy atom. The zero-order valence-electron chi connectivity index (χ0n) is 9.19. The predicted molar refractivity (Wildman–Crippen MR) is 58.8 cm³/mol. The average Bonchev–Trinajstić information content (AvgIpc) is 2.29. The van der Waals surface area contributed by atoms with E-state index in [2.05, 4.69) is 5.48 Å². The summed E-state index contributed by atoms with van der Waals surface area (Å²) in [5.74, 6) is -0.0609. The first-order chi connectivity index (χ1) is 7.24. The van der Waals surface area contributed by atoms with Crippen LogP contribution in [-0.4, -0.2) is 5.91 Å². The lowest BCUT2D eigenvalue weighted by Crippen LogP contribution is -2.28. The largest absolute Gasteiger partial charge is 0.273 e. The number of hydrogen-bond donors (Lipinski definition) is 1. The molecular weight excluding hydrogens is 190 g/mol. The summed E-state index contributed by atoms with van der Waals surface area (Å²) in [5.41, 5.74) is 3.49. The molecule has 15 heavy (non-hydrogen) atoms. The van der Waals surface area contributed by atoms with Crippen LogP contribution in [0.2, 0.25) is 0 Å². The fourth-order valence-electron chi connectivity index (χ4n) is 1.05. The van der Waals surface area contributed by atoms with Gasteiger partial charge in [-0.25, -0.2) is 5.48 Å². The zero-order chi connectivity index (χ0) is 11.1. The third-order valence-corrected chi connectivity index (χ3v) is 2.31. The molecule has 0 bridgehead atoms. The second kappa shape index (κ2) is 6.19. The van der Waals surface area contributed by atoms with Gasteiger partial charge in [0.25, 0.3) is 0 Å². The number of hydrogen-bond acceptors (Lipinski definition) is 2. The van der Waals surface area contributed by atoms with Gasteiger partial charge in [0.15, 0.2) is 0 Å². The highest BCUT2D eigenvalue weighted by Crippen LogP contribution is 2.02. The molecule has 3 nitrogen and oxygen atoms in total. The molecule has 0 saturated carbocycles. The number of nitrogens with one attached hydrogen (secondary N) is 1. The second-order valence-corrected chi connectivity index (χ2v) is 3.55. The Morgan fingerprint density at radius 1 is 1.40 bits per heavy atom. The molecule has 0 spiro atoms. The van der Waals surface area contributed by atoms with E-state index in [1.54, 1.807) is 0 Å². The van der Waals surface area contributed by atoms with Crippen LogP contribution < -0.4 is 5.48 Å². The van der Waals surface area contributed by atoms with Crippen molar-refractivity contribution >= 4 is 5.91 Å². The molecule has 0 aliphatic carbocycles. The highest BCUT2D eigenvalue weighted by molar-refractivity contribution is 5.77. The molecule has 0 aliphatic heterocycles. The van der Waals surface area contributed by atoms with Gasteiger partial charge in [0.1, 0.15) is 0 Å². The summed E-state index contributed by atoms with van der Waals surface area (Å²) in [4.78, 5) is 16.4. The molecule has 1 unspecified atom stereocenters. The maximum absolute atomic E-state index is 11.3. The van der Waals surface area contributed by atoms with Crippen molar-refractivity contribution in [3.8, 4) is 0 Å². The number of carbonyl (C=O) groups excluding carboxylic acids is 1. The molecule has 0 fully saturated rings. The molecule has 1 N–H and O–H groups in total. The van der Waals surface area contributed by atoms with Gasteiger partial charge in [-0.1, -0.05) is 44.2 Å². The summed E-state index contributed by atoms with van der Waals surface area (Å²) in [6.45, 7) is 4.26. The summed E-state index contributed by atoms with van der Waals surface area (Å²) < 4.78 is 0. The van der Waals surface area contributed by atoms with Gasteiger partial charge in [-0.2, -0.15) is 0 Å². The summed E-state index contributed by atoms with van der Waals surface area (Å²) >= 11 is 0. The van der Waals surface area contributed by atoms with Gasteiger partial charge in [-0.3, -0.25) is 9.63 Å². The highest BCUT2D eigenvalue weighted by Gasteiger charge is 2.09. The van der Waals surface area contributed by atoms with Crippen molar-refractivity contribution in [3.63, 3.8) is 0 Å². The Kier molecular flexibility index (Phi) is 4.84. The molecule has 1 rings (SSSR count). The first-order valence-corrected chi connectivity index (χ1v) is 5.19. The van der Waals surface area contributed by atoms with Gasteiger partial charge >= 0.3 is 0 Å². The monoisotopic (exact) mass is 207 g/mol. The van der Waals surface area contributed by atoms with Crippen LogP contribution in [0.5, 0.6) is 0 Å². The molecule has 0 saturated heterocycles. The van der Waals surface area contributed by atoms with Crippen LogP contribution in [0, 0.1) is 5.92 Å². The standard InChI is InChI=1S/C12H17NO2/c1-3-10(2)12(14)13-15-9-11-7-5-4-6-8-11/h4-8,10H,3,9H2,1-2H3,(H,13,14). The SMILES string of the molecule is CCC(C)C(=O)NOCc1ccccc1. The zero-order valence-corrected chi connectivity index (χ0v) is 9.19. The van der Waals surface area contributed by atoms with Crippen molar-refractivity contribution in [2.75, 3.05) is 0 Å². The first-order valence-electron chi connectivity index (χ1n) is 5.19. The van der Waals surface area contributed by atoms with Crippen molar-refractivity contribution in [1.29, 1.82) is 0 Å². The van der Waals surface area contributed by atoms with Crippen LogP contribution in [-0.2, 0) is 16.2 Å². The normalized spacial score (nSPS) is 12.1. The molecule has 1 aromatic rings. The summed E-state index contributed by atoms with van der Waals surface area (Å²) in [5, 5.41) is 0. The Bertz CT molecular complexity index is 298. The molecule has 1 amide bonds. The van der Waals surface area contributed by atoms with Gasteiger partial charge in [0.05, 0.1) is 6.61 Å². The van der Waals surface area contributed by atoms with E-state index in [0.717, 1.165) is 12.0 Å². The fraction of sp³-hybridized carbons (Fsp3) is 0.417. The molecule has 0 aliphatic rings. The number of carbonyl (C=O) groups is 1. The number of rotatable bonds is 5. The Hall–Kier alpha value is -1.35. The molecule has 1 atom stereocenters. The van der Waals surface area contributed by atoms with Crippen molar-refractivity contribution in [2.24, 2.45) is 5.92 Å². The van der Waals surface area contributed by atoms with Gasteiger partial charge in [-0.05, 0) is 12.0 Å². The topological polar surface area (TPSA) is 38.3 Å². The quantitative estimate of drug-likeness (QED) is 0.752. The molecule has 0 heterocycles. The smallest absolute Gasteiger partial charge is 0.246 e. The minimum Gasteiger partial charge on any atom is -0.273 e. The third-order valence-electron chi connectivity index (χ3n) is 2.31. The van der Waals surface area contributed by atoms with Crippen molar-refractivity contribution in [1.82, 2.24) is 5.48 Å². The lowest BCUT2D eigenvalue weighted by atomic mass is 10.1. The number of benzene rings is 1. The molecular formula is C12H17NO2. The van der Waals surface area contributed by atoms with Crippen molar-refractivity contribution in [3.05, 3.63) is 35.9 Å². The van der Waals surface area contributed by atoms with Gasteiger partial charge in [-0.15, -0.1) is 0 Å². The molecule has 0 radical (unpaired) electrons. The van der Waals surface area contributed by atoms with E-state index in [1.165, 1.54) is 0 Å². The Morgan fingerprint density at radius 2 is 2.07 bits per heavy atom. The predicted octanol–water partition coefficient (Wildman–Crippen LogP) is 2.28. The summed E-state index contributed by atoms with van der Waals surface area (Å²) in [6.07, 6.45) is 0.820. The van der Waals surface area contributed by atoms with Gasteiger partial charge in [0.2, 0.25) is 5.91 Å². The van der Waals surface area contributed by atoms with E-state index >= 15 is 0 Å². The number of amides is 1.